The van der Waals surface area contributed by atoms with Gasteiger partial charge in [-0.05, 0) is 35.9 Å². The third kappa shape index (κ3) is 4.30. The molecule has 0 radical (unpaired) electrons. The van der Waals surface area contributed by atoms with Gasteiger partial charge in [0.05, 0.1) is 0 Å². The van der Waals surface area contributed by atoms with Crippen molar-refractivity contribution in [3.8, 4) is 0 Å². The van der Waals surface area contributed by atoms with Crippen LogP contribution in [-0.4, -0.2) is 42.0 Å². The van der Waals surface area contributed by atoms with Gasteiger partial charge in [-0.2, -0.15) is 0 Å². The van der Waals surface area contributed by atoms with Crippen LogP contribution >= 0.6 is 11.8 Å². The fourth-order valence-electron chi connectivity index (χ4n) is 3.88. The highest BCUT2D eigenvalue weighted by Crippen LogP contribution is 2.28. The summed E-state index contributed by atoms with van der Waals surface area (Å²) in [7, 11) is 0. The lowest BCUT2D eigenvalue weighted by Crippen LogP contribution is -2.49. The molecule has 156 valence electrons. The Morgan fingerprint density at radius 1 is 0.871 bits per heavy atom. The van der Waals surface area contributed by atoms with Gasteiger partial charge in [0.2, 0.25) is 0 Å². The molecule has 31 heavy (non-hydrogen) atoms. The average molecular weight is 430 g/mol. The molecule has 5 rings (SSSR count). The molecule has 1 saturated heterocycles. The summed E-state index contributed by atoms with van der Waals surface area (Å²) in [5.41, 5.74) is 4.62. The van der Waals surface area contributed by atoms with E-state index in [-0.39, 0.29) is 5.91 Å². The van der Waals surface area contributed by atoms with Crippen LogP contribution in [-0.2, 0) is 5.75 Å². The van der Waals surface area contributed by atoms with E-state index in [1.54, 1.807) is 0 Å². The predicted molar refractivity (Wildman–Crippen MR) is 125 cm³/mol. The monoisotopic (exact) mass is 429 g/mol. The van der Waals surface area contributed by atoms with Gasteiger partial charge in [-0.3, -0.25) is 4.79 Å². The molecule has 5 nitrogen and oxygen atoms in total. The maximum absolute atomic E-state index is 13.3. The fraction of sp³-hybridized carbons (Fsp3) is 0.200. The predicted octanol–water partition coefficient (Wildman–Crippen LogP) is 5.08. The van der Waals surface area contributed by atoms with Crippen molar-refractivity contribution in [1.29, 1.82) is 0 Å². The second-order valence-corrected chi connectivity index (χ2v) is 8.43. The Balaban J connectivity index is 1.26. The lowest BCUT2D eigenvalue weighted by Gasteiger charge is -2.36. The molecule has 0 N–H and O–H groups in total. The number of oxazole rings is 1. The number of aromatic nitrogens is 1. The van der Waals surface area contributed by atoms with Crippen LogP contribution in [0.1, 0.15) is 15.9 Å². The van der Waals surface area contributed by atoms with Crippen molar-refractivity contribution in [2.45, 2.75) is 11.0 Å². The summed E-state index contributed by atoms with van der Waals surface area (Å²) < 4.78 is 5.81. The number of carbonyl (C=O) groups excluding carboxylic acids is 1. The van der Waals surface area contributed by atoms with Crippen molar-refractivity contribution in [3.63, 3.8) is 0 Å². The zero-order valence-electron chi connectivity index (χ0n) is 17.1. The minimum atomic E-state index is 0.0986. The Labute approximate surface area is 185 Å². The number of nitrogens with zero attached hydrogens (tertiary/aromatic N) is 3. The SMILES string of the molecule is O=C(c1ccccc1CSc1nc2ccccc2o1)N1CCN(c2ccccc2)CC1. The molecule has 1 amide bonds. The summed E-state index contributed by atoms with van der Waals surface area (Å²) in [6, 6.07) is 26.0. The topological polar surface area (TPSA) is 49.6 Å². The lowest BCUT2D eigenvalue weighted by molar-refractivity contribution is 0.0746. The smallest absolute Gasteiger partial charge is 0.257 e. The summed E-state index contributed by atoms with van der Waals surface area (Å²) in [5, 5.41) is 0.625. The van der Waals surface area contributed by atoms with E-state index in [1.165, 1.54) is 17.4 Å². The third-order valence-corrected chi connectivity index (χ3v) is 6.44. The molecular formula is C25H23N3O2S. The minimum Gasteiger partial charge on any atom is -0.431 e. The van der Waals surface area contributed by atoms with Gasteiger partial charge in [0.25, 0.3) is 11.1 Å². The first-order valence-electron chi connectivity index (χ1n) is 10.4. The van der Waals surface area contributed by atoms with Crippen molar-refractivity contribution in [2.24, 2.45) is 0 Å². The first-order valence-corrected chi connectivity index (χ1v) is 11.4. The van der Waals surface area contributed by atoms with Gasteiger partial charge in [0, 0.05) is 43.2 Å². The Morgan fingerprint density at radius 3 is 2.39 bits per heavy atom. The molecule has 0 aliphatic carbocycles. The molecule has 1 aliphatic rings. The third-order valence-electron chi connectivity index (χ3n) is 5.56. The van der Waals surface area contributed by atoms with E-state index < -0.39 is 0 Å². The molecule has 0 saturated carbocycles. The van der Waals surface area contributed by atoms with Gasteiger partial charge in [0.1, 0.15) is 5.52 Å². The fourth-order valence-corrected chi connectivity index (χ4v) is 4.73. The maximum Gasteiger partial charge on any atom is 0.257 e. The Bertz CT molecular complexity index is 1150. The maximum atomic E-state index is 13.3. The van der Waals surface area contributed by atoms with Crippen molar-refractivity contribution in [1.82, 2.24) is 9.88 Å². The van der Waals surface area contributed by atoms with Crippen molar-refractivity contribution in [2.75, 3.05) is 31.1 Å². The summed E-state index contributed by atoms with van der Waals surface area (Å²) in [6.07, 6.45) is 0. The average Bonchev–Trinajstić information content (AvgIpc) is 3.26. The summed E-state index contributed by atoms with van der Waals surface area (Å²) >= 11 is 1.52. The second kappa shape index (κ2) is 8.86. The molecule has 3 aromatic carbocycles. The van der Waals surface area contributed by atoms with Gasteiger partial charge in [-0.15, -0.1) is 0 Å². The van der Waals surface area contributed by atoms with E-state index in [0.29, 0.717) is 11.0 Å². The standard InChI is InChI=1S/C25H23N3O2S/c29-24(28-16-14-27(15-17-28)20-9-2-1-3-10-20)21-11-5-4-8-19(21)18-31-25-26-22-12-6-7-13-23(22)30-25/h1-13H,14-18H2. The molecule has 6 heteroatoms. The van der Waals surface area contributed by atoms with Gasteiger partial charge in [-0.25, -0.2) is 4.98 Å². The minimum absolute atomic E-state index is 0.0986. The normalized spacial score (nSPS) is 14.2. The van der Waals surface area contributed by atoms with Crippen molar-refractivity contribution >= 4 is 34.5 Å². The van der Waals surface area contributed by atoms with E-state index >= 15 is 0 Å². The summed E-state index contributed by atoms with van der Waals surface area (Å²) in [5.74, 6) is 0.736. The van der Waals surface area contributed by atoms with Crippen LogP contribution in [0.4, 0.5) is 5.69 Å². The largest absolute Gasteiger partial charge is 0.431 e. The Kier molecular flexibility index (Phi) is 5.63. The van der Waals surface area contributed by atoms with Crippen LogP contribution in [0.3, 0.4) is 0 Å². The molecule has 1 aromatic heterocycles. The highest BCUT2D eigenvalue weighted by Gasteiger charge is 2.24. The highest BCUT2D eigenvalue weighted by atomic mass is 32.2. The van der Waals surface area contributed by atoms with Crippen LogP contribution in [0, 0.1) is 0 Å². The number of fused-ring (bicyclic) bond motifs is 1. The number of piperazine rings is 1. The Hall–Kier alpha value is -3.25. The number of rotatable bonds is 5. The number of hydrogen-bond donors (Lipinski definition) is 0. The van der Waals surface area contributed by atoms with Crippen molar-refractivity contribution < 1.29 is 9.21 Å². The number of hydrogen-bond acceptors (Lipinski definition) is 5. The zero-order valence-corrected chi connectivity index (χ0v) is 17.9. The van der Waals surface area contributed by atoms with E-state index in [0.717, 1.165) is 48.4 Å². The molecular weight excluding hydrogens is 406 g/mol. The van der Waals surface area contributed by atoms with Gasteiger partial charge in [-0.1, -0.05) is 60.3 Å². The first-order chi connectivity index (χ1) is 15.3. The van der Waals surface area contributed by atoms with Crippen LogP contribution in [0.2, 0.25) is 0 Å². The molecule has 1 aliphatic heterocycles. The molecule has 0 spiro atoms. The van der Waals surface area contributed by atoms with E-state index in [2.05, 4.69) is 34.1 Å². The van der Waals surface area contributed by atoms with Gasteiger partial charge < -0.3 is 14.2 Å². The quantitative estimate of drug-likeness (QED) is 0.414. The van der Waals surface area contributed by atoms with Gasteiger partial charge >= 0.3 is 0 Å². The molecule has 2 heterocycles. The molecule has 4 aromatic rings. The molecule has 1 fully saturated rings. The van der Waals surface area contributed by atoms with Crippen LogP contribution in [0.25, 0.3) is 11.1 Å². The number of amides is 1. The molecule has 0 bridgehead atoms. The number of anilines is 1. The van der Waals surface area contributed by atoms with E-state index in [4.69, 9.17) is 4.42 Å². The van der Waals surface area contributed by atoms with Gasteiger partial charge in [0.15, 0.2) is 5.58 Å². The summed E-state index contributed by atoms with van der Waals surface area (Å²) in [6.45, 7) is 3.13. The van der Waals surface area contributed by atoms with Crippen molar-refractivity contribution in [3.05, 3.63) is 90.0 Å². The summed E-state index contributed by atoms with van der Waals surface area (Å²) in [4.78, 5) is 22.1. The number of benzene rings is 3. The second-order valence-electron chi connectivity index (χ2n) is 7.51. The highest BCUT2D eigenvalue weighted by molar-refractivity contribution is 7.98. The number of thioether (sulfide) groups is 1. The molecule has 0 unspecified atom stereocenters. The van der Waals surface area contributed by atoms with Crippen LogP contribution < -0.4 is 4.90 Å². The molecule has 0 atom stereocenters. The lowest BCUT2D eigenvalue weighted by atomic mass is 10.1. The van der Waals surface area contributed by atoms with E-state index in [9.17, 15) is 4.79 Å². The Morgan fingerprint density at radius 2 is 1.58 bits per heavy atom. The number of carbonyl (C=O) groups is 1. The van der Waals surface area contributed by atoms with Crippen LogP contribution in [0.15, 0.2) is 88.5 Å². The van der Waals surface area contributed by atoms with Crippen LogP contribution in [0.5, 0.6) is 0 Å². The first kappa shape index (κ1) is 19.7. The number of para-hydroxylation sites is 3. The van der Waals surface area contributed by atoms with E-state index in [1.807, 2.05) is 59.5 Å². The zero-order chi connectivity index (χ0) is 21.0.